The van der Waals surface area contributed by atoms with Crippen LogP contribution in [-0.4, -0.2) is 38.1 Å². The van der Waals surface area contributed by atoms with Gasteiger partial charge < -0.3 is 15.0 Å². The summed E-state index contributed by atoms with van der Waals surface area (Å²) < 4.78 is 28.5. The van der Waals surface area contributed by atoms with Crippen molar-refractivity contribution < 1.29 is 18.3 Å². The minimum Gasteiger partial charge on any atom is -0.435 e. The van der Waals surface area contributed by atoms with E-state index in [1.165, 1.54) is 17.7 Å². The third kappa shape index (κ3) is 5.58. The second-order valence-electron chi connectivity index (χ2n) is 5.54. The molecule has 0 bridgehead atoms. The Labute approximate surface area is 144 Å². The van der Waals surface area contributed by atoms with Crippen LogP contribution < -0.4 is 10.1 Å². The number of carbonyl (C=O) groups is 1. The van der Waals surface area contributed by atoms with E-state index in [9.17, 15) is 13.6 Å². The Morgan fingerprint density at radius 1 is 1.25 bits per heavy atom. The van der Waals surface area contributed by atoms with Crippen LogP contribution in [0.1, 0.15) is 17.2 Å². The van der Waals surface area contributed by atoms with E-state index < -0.39 is 6.61 Å². The van der Waals surface area contributed by atoms with Gasteiger partial charge in [0.2, 0.25) is 5.91 Å². The average molecular weight is 354 g/mol. The molecule has 24 heavy (non-hydrogen) atoms. The number of ether oxygens (including phenoxy) is 1. The predicted molar refractivity (Wildman–Crippen MR) is 90.5 cm³/mol. The van der Waals surface area contributed by atoms with E-state index in [1.807, 2.05) is 25.5 Å². The average Bonchev–Trinajstić information content (AvgIpc) is 3.02. The number of nitrogens with one attached hydrogen (secondary N) is 1. The maximum absolute atomic E-state index is 12.1. The molecule has 0 radical (unpaired) electrons. The molecule has 0 spiro atoms. The molecule has 7 heteroatoms. The van der Waals surface area contributed by atoms with E-state index >= 15 is 0 Å². The molecule has 0 aliphatic heterocycles. The van der Waals surface area contributed by atoms with Crippen LogP contribution >= 0.6 is 11.3 Å². The lowest BCUT2D eigenvalue weighted by Crippen LogP contribution is -2.35. The summed E-state index contributed by atoms with van der Waals surface area (Å²) in [7, 11) is 3.94. The van der Waals surface area contributed by atoms with Crippen LogP contribution in [0, 0.1) is 0 Å². The Bertz CT molecular complexity index is 631. The van der Waals surface area contributed by atoms with Crippen LogP contribution in [0.5, 0.6) is 5.75 Å². The quantitative estimate of drug-likeness (QED) is 0.791. The third-order valence-electron chi connectivity index (χ3n) is 3.56. The fraction of sp³-hybridized carbons (Fsp3) is 0.353. The van der Waals surface area contributed by atoms with Crippen LogP contribution in [-0.2, 0) is 11.2 Å². The van der Waals surface area contributed by atoms with Crippen molar-refractivity contribution in [2.75, 3.05) is 20.6 Å². The molecule has 0 saturated heterocycles. The molecule has 4 nitrogen and oxygen atoms in total. The number of likely N-dealkylation sites (N-methyl/N-ethyl adjacent to an activating group) is 1. The zero-order chi connectivity index (χ0) is 17.5. The first kappa shape index (κ1) is 18.4. The van der Waals surface area contributed by atoms with Gasteiger partial charge in [0.25, 0.3) is 0 Å². The molecule has 0 saturated carbocycles. The lowest BCUT2D eigenvalue weighted by Gasteiger charge is -2.24. The first-order valence-corrected chi connectivity index (χ1v) is 8.39. The molecule has 1 aromatic carbocycles. The molecule has 2 aromatic rings. The lowest BCUT2D eigenvalue weighted by atomic mass is 10.1. The number of carbonyl (C=O) groups excluding carboxylic acids is 1. The SMILES string of the molecule is CN(C)C(CNC(=O)Cc1ccc(OC(F)F)cc1)c1ccsc1. The Balaban J connectivity index is 1.86. The zero-order valence-corrected chi connectivity index (χ0v) is 14.4. The lowest BCUT2D eigenvalue weighted by molar-refractivity contribution is -0.120. The molecule has 1 amide bonds. The van der Waals surface area contributed by atoms with Crippen molar-refractivity contribution in [1.82, 2.24) is 10.2 Å². The monoisotopic (exact) mass is 354 g/mol. The minimum absolute atomic E-state index is 0.0827. The summed E-state index contributed by atoms with van der Waals surface area (Å²) in [6.07, 6.45) is 0.193. The van der Waals surface area contributed by atoms with E-state index in [-0.39, 0.29) is 24.1 Å². The molecule has 0 aliphatic rings. The highest BCUT2D eigenvalue weighted by molar-refractivity contribution is 7.07. The summed E-state index contributed by atoms with van der Waals surface area (Å²) in [6.45, 7) is -2.34. The highest BCUT2D eigenvalue weighted by atomic mass is 32.1. The number of halogens is 2. The predicted octanol–water partition coefficient (Wildman–Crippen LogP) is 3.31. The summed E-state index contributed by atoms with van der Waals surface area (Å²) in [5, 5.41) is 7.00. The molecule has 1 unspecified atom stereocenters. The number of nitrogens with zero attached hydrogens (tertiary/aromatic N) is 1. The van der Waals surface area contributed by atoms with Crippen molar-refractivity contribution in [2.45, 2.75) is 19.1 Å². The molecule has 130 valence electrons. The van der Waals surface area contributed by atoms with Crippen LogP contribution in [0.25, 0.3) is 0 Å². The van der Waals surface area contributed by atoms with E-state index in [0.717, 1.165) is 5.56 Å². The van der Waals surface area contributed by atoms with Gasteiger partial charge in [-0.25, -0.2) is 0 Å². The summed E-state index contributed by atoms with van der Waals surface area (Å²) in [4.78, 5) is 14.1. The molecule has 2 rings (SSSR count). The molecule has 0 fully saturated rings. The summed E-state index contributed by atoms with van der Waals surface area (Å²) >= 11 is 1.62. The Morgan fingerprint density at radius 3 is 2.50 bits per heavy atom. The van der Waals surface area contributed by atoms with Gasteiger partial charge in [0.15, 0.2) is 0 Å². The van der Waals surface area contributed by atoms with E-state index in [1.54, 1.807) is 23.5 Å². The summed E-state index contributed by atoms with van der Waals surface area (Å²) in [6, 6.07) is 8.25. The second kappa shape index (κ2) is 8.75. The molecule has 1 N–H and O–H groups in total. The van der Waals surface area contributed by atoms with Gasteiger partial charge in [0, 0.05) is 6.54 Å². The van der Waals surface area contributed by atoms with Crippen molar-refractivity contribution in [2.24, 2.45) is 0 Å². The van der Waals surface area contributed by atoms with Crippen LogP contribution in [0.15, 0.2) is 41.1 Å². The zero-order valence-electron chi connectivity index (χ0n) is 13.5. The molecule has 1 atom stereocenters. The van der Waals surface area contributed by atoms with Gasteiger partial charge >= 0.3 is 6.61 Å². The van der Waals surface area contributed by atoms with Crippen LogP contribution in [0.2, 0.25) is 0 Å². The maximum Gasteiger partial charge on any atom is 0.387 e. The largest absolute Gasteiger partial charge is 0.435 e. The summed E-state index contributed by atoms with van der Waals surface area (Å²) in [5.74, 6) is -0.0288. The van der Waals surface area contributed by atoms with Crippen molar-refractivity contribution in [3.8, 4) is 5.75 Å². The van der Waals surface area contributed by atoms with Gasteiger partial charge in [-0.15, -0.1) is 0 Å². The summed E-state index contributed by atoms with van der Waals surface area (Å²) in [5.41, 5.74) is 1.91. The third-order valence-corrected chi connectivity index (χ3v) is 4.26. The fourth-order valence-corrected chi connectivity index (χ4v) is 3.02. The Hall–Kier alpha value is -1.99. The van der Waals surface area contributed by atoms with E-state index in [4.69, 9.17) is 0 Å². The first-order valence-electron chi connectivity index (χ1n) is 7.44. The van der Waals surface area contributed by atoms with Gasteiger partial charge in [-0.3, -0.25) is 4.79 Å². The van der Waals surface area contributed by atoms with Crippen molar-refractivity contribution in [3.05, 3.63) is 52.2 Å². The standard InChI is InChI=1S/C17H20F2N2O2S/c1-21(2)15(13-7-8-24-11-13)10-20-16(22)9-12-3-5-14(6-4-12)23-17(18)19/h3-8,11,15,17H,9-10H2,1-2H3,(H,20,22). The van der Waals surface area contributed by atoms with E-state index in [2.05, 4.69) is 20.3 Å². The number of rotatable bonds is 8. The number of benzene rings is 1. The van der Waals surface area contributed by atoms with E-state index in [0.29, 0.717) is 6.54 Å². The Morgan fingerprint density at radius 2 is 1.96 bits per heavy atom. The first-order chi connectivity index (χ1) is 11.5. The van der Waals surface area contributed by atoms with Crippen molar-refractivity contribution in [3.63, 3.8) is 0 Å². The number of hydrogen-bond donors (Lipinski definition) is 1. The molecular formula is C17H20F2N2O2S. The number of hydrogen-bond acceptors (Lipinski definition) is 4. The number of amides is 1. The van der Waals surface area contributed by atoms with Gasteiger partial charge in [-0.1, -0.05) is 12.1 Å². The molecule has 1 aromatic heterocycles. The highest BCUT2D eigenvalue weighted by Gasteiger charge is 2.15. The minimum atomic E-state index is -2.85. The topological polar surface area (TPSA) is 41.6 Å². The molecular weight excluding hydrogens is 334 g/mol. The second-order valence-corrected chi connectivity index (χ2v) is 6.32. The molecule has 0 aliphatic carbocycles. The maximum atomic E-state index is 12.1. The Kier molecular flexibility index (Phi) is 6.69. The number of thiophene rings is 1. The van der Waals surface area contributed by atoms with Crippen LogP contribution in [0.4, 0.5) is 8.78 Å². The smallest absolute Gasteiger partial charge is 0.387 e. The van der Waals surface area contributed by atoms with Crippen molar-refractivity contribution >= 4 is 17.2 Å². The van der Waals surface area contributed by atoms with Crippen LogP contribution in [0.3, 0.4) is 0 Å². The van der Waals surface area contributed by atoms with Gasteiger partial charge in [-0.05, 0) is 54.2 Å². The van der Waals surface area contributed by atoms with Gasteiger partial charge in [-0.2, -0.15) is 20.1 Å². The fourth-order valence-electron chi connectivity index (χ4n) is 2.31. The number of alkyl halides is 2. The highest BCUT2D eigenvalue weighted by Crippen LogP contribution is 2.20. The molecule has 1 heterocycles. The van der Waals surface area contributed by atoms with Gasteiger partial charge in [0.05, 0.1) is 12.5 Å². The normalized spacial score (nSPS) is 12.4. The van der Waals surface area contributed by atoms with Crippen molar-refractivity contribution in [1.29, 1.82) is 0 Å². The van der Waals surface area contributed by atoms with Gasteiger partial charge in [0.1, 0.15) is 5.75 Å².